The standard InChI is InChI=1S/C19H16N4O2S2/c1-2-4-13(5-3-1)8-9-26-11-17-20-21-19-23(17)22-18(27-19)14-6-7-15-16(10-14)25-12-24-15/h1-7,10H,8-9,11-12H2. The Kier molecular flexibility index (Phi) is 4.43. The molecule has 2 aromatic heterocycles. The van der Waals surface area contributed by atoms with E-state index >= 15 is 0 Å². The fourth-order valence-corrected chi connectivity index (χ4v) is 4.63. The van der Waals surface area contributed by atoms with Crippen molar-refractivity contribution >= 4 is 28.1 Å². The Hall–Kier alpha value is -2.58. The molecule has 0 aliphatic carbocycles. The van der Waals surface area contributed by atoms with Crippen molar-refractivity contribution in [1.82, 2.24) is 19.8 Å². The number of aromatic nitrogens is 4. The maximum Gasteiger partial charge on any atom is 0.235 e. The Bertz CT molecular complexity index is 1080. The second-order valence-electron chi connectivity index (χ2n) is 6.07. The zero-order chi connectivity index (χ0) is 18.1. The summed E-state index contributed by atoms with van der Waals surface area (Å²) in [5.74, 6) is 4.25. The zero-order valence-corrected chi connectivity index (χ0v) is 16.0. The summed E-state index contributed by atoms with van der Waals surface area (Å²) in [6.45, 7) is 0.272. The summed E-state index contributed by atoms with van der Waals surface area (Å²) < 4.78 is 12.7. The van der Waals surface area contributed by atoms with Crippen molar-refractivity contribution in [2.75, 3.05) is 12.5 Å². The Morgan fingerprint density at radius 1 is 1.04 bits per heavy atom. The van der Waals surface area contributed by atoms with Gasteiger partial charge in [-0.2, -0.15) is 21.4 Å². The molecule has 3 heterocycles. The molecule has 0 atom stereocenters. The van der Waals surface area contributed by atoms with E-state index in [2.05, 4.69) is 34.5 Å². The molecule has 0 amide bonds. The highest BCUT2D eigenvalue weighted by atomic mass is 32.2. The SMILES string of the molecule is c1ccc(CCSCc2nnc3sc(-c4ccc5c(c4)OCO5)nn23)cc1. The zero-order valence-electron chi connectivity index (χ0n) is 14.4. The van der Waals surface area contributed by atoms with Crippen LogP contribution in [0.3, 0.4) is 0 Å². The molecule has 0 saturated heterocycles. The van der Waals surface area contributed by atoms with Crippen LogP contribution in [0.4, 0.5) is 0 Å². The lowest BCUT2D eigenvalue weighted by Gasteiger charge is -2.01. The number of rotatable bonds is 6. The summed E-state index contributed by atoms with van der Waals surface area (Å²) in [6, 6.07) is 16.4. The average molecular weight is 396 g/mol. The number of nitrogens with zero attached hydrogens (tertiary/aromatic N) is 4. The fraction of sp³-hybridized carbons (Fsp3) is 0.211. The summed E-state index contributed by atoms with van der Waals surface area (Å²) in [5.41, 5.74) is 2.35. The Balaban J connectivity index is 1.29. The van der Waals surface area contributed by atoms with Crippen LogP contribution in [0.1, 0.15) is 11.4 Å². The third-order valence-electron chi connectivity index (χ3n) is 4.28. The van der Waals surface area contributed by atoms with Crippen LogP contribution in [-0.2, 0) is 12.2 Å². The van der Waals surface area contributed by atoms with Crippen LogP contribution in [0.25, 0.3) is 15.5 Å². The van der Waals surface area contributed by atoms with Crippen LogP contribution in [0, 0.1) is 0 Å². The van der Waals surface area contributed by atoms with Crippen molar-refractivity contribution in [3.8, 4) is 22.1 Å². The lowest BCUT2D eigenvalue weighted by Crippen LogP contribution is -1.96. The highest BCUT2D eigenvalue weighted by Crippen LogP contribution is 2.37. The molecule has 27 heavy (non-hydrogen) atoms. The van der Waals surface area contributed by atoms with Gasteiger partial charge in [0.05, 0.1) is 5.75 Å². The van der Waals surface area contributed by atoms with Crippen molar-refractivity contribution in [1.29, 1.82) is 0 Å². The normalized spacial score (nSPS) is 12.7. The first-order valence-corrected chi connectivity index (χ1v) is 10.6. The van der Waals surface area contributed by atoms with Crippen LogP contribution in [0.15, 0.2) is 48.5 Å². The molecule has 6 nitrogen and oxygen atoms in total. The number of fused-ring (bicyclic) bond motifs is 2. The lowest BCUT2D eigenvalue weighted by molar-refractivity contribution is 0.174. The van der Waals surface area contributed by atoms with E-state index in [1.54, 1.807) is 0 Å². The quantitative estimate of drug-likeness (QED) is 0.458. The van der Waals surface area contributed by atoms with Gasteiger partial charge in [0.2, 0.25) is 11.8 Å². The smallest absolute Gasteiger partial charge is 0.235 e. The van der Waals surface area contributed by atoms with E-state index < -0.39 is 0 Å². The molecule has 0 saturated carbocycles. The molecule has 0 radical (unpaired) electrons. The van der Waals surface area contributed by atoms with Gasteiger partial charge >= 0.3 is 0 Å². The van der Waals surface area contributed by atoms with Crippen molar-refractivity contribution in [2.24, 2.45) is 0 Å². The molecule has 0 N–H and O–H groups in total. The fourth-order valence-electron chi connectivity index (χ4n) is 2.89. The maximum absolute atomic E-state index is 5.46. The number of thioether (sulfide) groups is 1. The van der Waals surface area contributed by atoms with E-state index in [0.29, 0.717) is 0 Å². The predicted octanol–water partition coefficient (Wildman–Crippen LogP) is 4.06. The van der Waals surface area contributed by atoms with Crippen LogP contribution in [-0.4, -0.2) is 32.4 Å². The van der Waals surface area contributed by atoms with Crippen LogP contribution in [0.5, 0.6) is 11.5 Å². The number of hydrogen-bond acceptors (Lipinski definition) is 7. The summed E-state index contributed by atoms with van der Waals surface area (Å²) in [4.78, 5) is 0.807. The lowest BCUT2D eigenvalue weighted by atomic mass is 10.2. The van der Waals surface area contributed by atoms with Gasteiger partial charge in [-0.3, -0.25) is 0 Å². The monoisotopic (exact) mass is 396 g/mol. The van der Waals surface area contributed by atoms with Gasteiger partial charge in [-0.15, -0.1) is 10.2 Å². The molecule has 1 aliphatic heterocycles. The molecule has 0 bridgehead atoms. The van der Waals surface area contributed by atoms with Crippen LogP contribution in [0.2, 0.25) is 0 Å². The highest BCUT2D eigenvalue weighted by Gasteiger charge is 2.17. The van der Waals surface area contributed by atoms with Gasteiger partial charge in [-0.25, -0.2) is 0 Å². The van der Waals surface area contributed by atoms with Crippen LogP contribution >= 0.6 is 23.1 Å². The summed E-state index contributed by atoms with van der Waals surface area (Å²) >= 11 is 3.37. The predicted molar refractivity (Wildman–Crippen MR) is 107 cm³/mol. The third kappa shape index (κ3) is 3.38. The first kappa shape index (κ1) is 16.6. The second-order valence-corrected chi connectivity index (χ2v) is 8.14. The number of benzene rings is 2. The van der Waals surface area contributed by atoms with Gasteiger partial charge in [0.1, 0.15) is 5.01 Å². The van der Waals surface area contributed by atoms with Gasteiger partial charge < -0.3 is 9.47 Å². The van der Waals surface area contributed by atoms with Gasteiger partial charge in [0.15, 0.2) is 17.3 Å². The van der Waals surface area contributed by atoms with Gasteiger partial charge in [-0.1, -0.05) is 41.7 Å². The van der Waals surface area contributed by atoms with Crippen molar-refractivity contribution in [3.63, 3.8) is 0 Å². The molecule has 0 spiro atoms. The summed E-state index contributed by atoms with van der Waals surface area (Å²) in [5, 5.41) is 14.2. The van der Waals surface area contributed by atoms with E-state index in [4.69, 9.17) is 14.6 Å². The molecule has 1 aliphatic rings. The number of hydrogen-bond donors (Lipinski definition) is 0. The van der Waals surface area contributed by atoms with Gasteiger partial charge in [0, 0.05) is 5.56 Å². The third-order valence-corrected chi connectivity index (χ3v) is 6.19. The van der Waals surface area contributed by atoms with Crippen molar-refractivity contribution in [3.05, 3.63) is 59.9 Å². The minimum Gasteiger partial charge on any atom is -0.454 e. The van der Waals surface area contributed by atoms with Gasteiger partial charge in [0.25, 0.3) is 0 Å². The number of ether oxygens (including phenoxy) is 2. The van der Waals surface area contributed by atoms with Crippen LogP contribution < -0.4 is 9.47 Å². The van der Waals surface area contributed by atoms with E-state index in [1.807, 2.05) is 40.5 Å². The number of aryl methyl sites for hydroxylation is 1. The largest absolute Gasteiger partial charge is 0.454 e. The van der Waals surface area contributed by atoms with Crippen molar-refractivity contribution < 1.29 is 9.47 Å². The Morgan fingerprint density at radius 2 is 1.93 bits per heavy atom. The molecule has 4 aromatic rings. The molecular formula is C19H16N4O2S2. The Morgan fingerprint density at radius 3 is 2.85 bits per heavy atom. The van der Waals surface area contributed by atoms with E-state index in [9.17, 15) is 0 Å². The average Bonchev–Trinajstić information content (AvgIpc) is 3.41. The molecule has 5 rings (SSSR count). The van der Waals surface area contributed by atoms with E-state index in [0.717, 1.165) is 50.8 Å². The first-order valence-electron chi connectivity index (χ1n) is 8.60. The molecule has 2 aromatic carbocycles. The summed E-state index contributed by atoms with van der Waals surface area (Å²) in [6.07, 6.45) is 1.05. The first-order chi connectivity index (χ1) is 13.4. The molecule has 0 fully saturated rings. The molecule has 8 heteroatoms. The summed E-state index contributed by atoms with van der Waals surface area (Å²) in [7, 11) is 0. The minimum absolute atomic E-state index is 0.272. The Labute approximate surface area is 164 Å². The van der Waals surface area contributed by atoms with E-state index in [-0.39, 0.29) is 6.79 Å². The highest BCUT2D eigenvalue weighted by molar-refractivity contribution is 7.98. The molecular weight excluding hydrogens is 380 g/mol. The second kappa shape index (κ2) is 7.21. The molecule has 136 valence electrons. The molecule has 0 unspecified atom stereocenters. The minimum atomic E-state index is 0.272. The van der Waals surface area contributed by atoms with E-state index in [1.165, 1.54) is 16.9 Å². The van der Waals surface area contributed by atoms with Gasteiger partial charge in [-0.05, 0) is 35.9 Å². The topological polar surface area (TPSA) is 61.5 Å². The van der Waals surface area contributed by atoms with Crippen molar-refractivity contribution in [2.45, 2.75) is 12.2 Å². The maximum atomic E-state index is 5.46.